The summed E-state index contributed by atoms with van der Waals surface area (Å²) < 4.78 is 64.5. The van der Waals surface area contributed by atoms with Crippen LogP contribution in [0, 0.1) is 29.6 Å². The van der Waals surface area contributed by atoms with Crippen LogP contribution in [0.2, 0.25) is 0 Å². The van der Waals surface area contributed by atoms with E-state index in [-0.39, 0.29) is 62.4 Å². The first-order valence-corrected chi connectivity index (χ1v) is 18.5. The van der Waals surface area contributed by atoms with E-state index in [0.29, 0.717) is 11.8 Å². The maximum Gasteiger partial charge on any atom is 0.331 e. The smallest absolute Gasteiger partial charge is 0.331 e. The molecule has 2 heterocycles. The van der Waals surface area contributed by atoms with Gasteiger partial charge in [0.1, 0.15) is 6.61 Å². The van der Waals surface area contributed by atoms with Gasteiger partial charge in [0, 0.05) is 25.0 Å². The second-order valence-corrected chi connectivity index (χ2v) is 14.8. The molecule has 5 aliphatic rings. The highest BCUT2D eigenvalue weighted by Gasteiger charge is 2.47. The van der Waals surface area contributed by atoms with Gasteiger partial charge in [0.15, 0.2) is 12.6 Å². The lowest BCUT2D eigenvalue weighted by atomic mass is 9.90. The van der Waals surface area contributed by atoms with Crippen LogP contribution in [-0.4, -0.2) is 85.6 Å². The SMILES string of the molecule is COC(=O)COCC(COS(C)(=O)=O)C1=C[C@H]2[C@@H](C1)C[C@@H](OC1CCCCO1)[C@@H]2/C=C/[C@@H](OC1CCCCO1)C1CCCC1. The summed E-state index contributed by atoms with van der Waals surface area (Å²) >= 11 is 0. The standard InChI is InChI=1S/C33H52O10S/c1-37-31(34)22-38-20-26(21-41-44(2,35)36)24-17-25-19-30(43-33-12-6-8-16-40-33)27(28(25)18-24)13-14-29(23-9-3-4-10-23)42-32-11-5-7-15-39-32/h13-14,18,23,25-30,32-33H,3-12,15-17,19-22H2,1-2H3/b14-13+/t25-,26?,27+,28-,29+,30+,32?,33?/m0/s1. The van der Waals surface area contributed by atoms with E-state index in [1.54, 1.807) is 0 Å². The Morgan fingerprint density at radius 3 is 2.36 bits per heavy atom. The van der Waals surface area contributed by atoms with Gasteiger partial charge in [-0.1, -0.05) is 36.6 Å². The molecule has 0 radical (unpaired) electrons. The van der Waals surface area contributed by atoms with E-state index in [2.05, 4.69) is 18.2 Å². The van der Waals surface area contributed by atoms with Crippen molar-refractivity contribution in [3.63, 3.8) is 0 Å². The Balaban J connectivity index is 1.34. The number of methoxy groups -OCH3 is 1. The highest BCUT2D eigenvalue weighted by atomic mass is 32.2. The molecule has 0 aromatic heterocycles. The van der Waals surface area contributed by atoms with Gasteiger partial charge in [-0.3, -0.25) is 4.18 Å². The van der Waals surface area contributed by atoms with E-state index in [0.717, 1.165) is 76.4 Å². The van der Waals surface area contributed by atoms with Crippen molar-refractivity contribution in [2.45, 2.75) is 102 Å². The van der Waals surface area contributed by atoms with E-state index in [1.165, 1.54) is 32.8 Å². The van der Waals surface area contributed by atoms with E-state index in [4.69, 9.17) is 32.6 Å². The third kappa shape index (κ3) is 9.83. The largest absolute Gasteiger partial charge is 0.467 e. The minimum atomic E-state index is -3.63. The Kier molecular flexibility index (Phi) is 12.7. The van der Waals surface area contributed by atoms with Gasteiger partial charge in [-0.25, -0.2) is 4.79 Å². The number of hydrogen-bond donors (Lipinski definition) is 0. The minimum absolute atomic E-state index is 0.0127. The first-order valence-electron chi connectivity index (χ1n) is 16.7. The zero-order valence-electron chi connectivity index (χ0n) is 26.4. The van der Waals surface area contributed by atoms with Crippen molar-refractivity contribution in [3.8, 4) is 0 Å². The zero-order chi connectivity index (χ0) is 30.9. The lowest BCUT2D eigenvalue weighted by molar-refractivity contribution is -0.193. The van der Waals surface area contributed by atoms with Crippen LogP contribution < -0.4 is 0 Å². The van der Waals surface area contributed by atoms with Crippen molar-refractivity contribution in [1.29, 1.82) is 0 Å². The van der Waals surface area contributed by atoms with E-state index >= 15 is 0 Å². The van der Waals surface area contributed by atoms with Crippen LogP contribution in [0.4, 0.5) is 0 Å². The van der Waals surface area contributed by atoms with Crippen LogP contribution in [0.25, 0.3) is 0 Å². The van der Waals surface area contributed by atoms with Crippen LogP contribution in [0.5, 0.6) is 0 Å². The average Bonchev–Trinajstić information content (AvgIpc) is 3.75. The fourth-order valence-electron chi connectivity index (χ4n) is 7.62. The molecule has 0 spiro atoms. The summed E-state index contributed by atoms with van der Waals surface area (Å²) in [4.78, 5) is 11.6. The molecule has 3 aliphatic carbocycles. The van der Waals surface area contributed by atoms with Crippen LogP contribution in [0.1, 0.15) is 77.0 Å². The summed E-state index contributed by atoms with van der Waals surface area (Å²) in [7, 11) is -2.32. The van der Waals surface area contributed by atoms with Crippen LogP contribution >= 0.6 is 0 Å². The number of fused-ring (bicyclic) bond motifs is 1. The number of esters is 1. The average molecular weight is 641 g/mol. The lowest BCUT2D eigenvalue weighted by Gasteiger charge is -2.31. The normalized spacial score (nSPS) is 32.9. The van der Waals surface area contributed by atoms with Crippen molar-refractivity contribution < 1.29 is 45.8 Å². The summed E-state index contributed by atoms with van der Waals surface area (Å²) in [5, 5.41) is 0. The van der Waals surface area contributed by atoms with Crippen LogP contribution in [0.3, 0.4) is 0 Å². The molecule has 2 saturated heterocycles. The molecule has 0 aromatic rings. The predicted octanol–water partition coefficient (Wildman–Crippen LogP) is 4.92. The van der Waals surface area contributed by atoms with Gasteiger partial charge in [-0.15, -0.1) is 0 Å². The number of hydrogen-bond acceptors (Lipinski definition) is 10. The molecule has 0 N–H and O–H groups in total. The first-order chi connectivity index (χ1) is 21.3. The molecule has 44 heavy (non-hydrogen) atoms. The van der Waals surface area contributed by atoms with E-state index in [1.807, 2.05) is 0 Å². The van der Waals surface area contributed by atoms with Gasteiger partial charge in [-0.2, -0.15) is 8.42 Å². The molecule has 0 amide bonds. The second kappa shape index (κ2) is 16.5. The highest BCUT2D eigenvalue weighted by Crippen LogP contribution is 2.50. The van der Waals surface area contributed by atoms with Gasteiger partial charge in [0.2, 0.25) is 0 Å². The van der Waals surface area contributed by atoms with Crippen molar-refractivity contribution in [2.75, 3.05) is 46.4 Å². The number of rotatable bonds is 15. The highest BCUT2D eigenvalue weighted by molar-refractivity contribution is 7.85. The molecule has 3 unspecified atom stereocenters. The van der Waals surface area contributed by atoms with Crippen molar-refractivity contribution in [2.24, 2.45) is 29.6 Å². The maximum atomic E-state index is 11.8. The van der Waals surface area contributed by atoms with Crippen LogP contribution in [-0.2, 0) is 47.5 Å². The van der Waals surface area contributed by atoms with Crippen molar-refractivity contribution in [3.05, 3.63) is 23.8 Å². The van der Waals surface area contributed by atoms with Crippen LogP contribution in [0.15, 0.2) is 23.8 Å². The Morgan fingerprint density at radius 1 is 1.00 bits per heavy atom. The van der Waals surface area contributed by atoms with Gasteiger partial charge < -0.3 is 28.4 Å². The molecule has 10 nitrogen and oxygen atoms in total. The third-order valence-electron chi connectivity index (χ3n) is 9.93. The number of carbonyl (C=O) groups excluding carboxylic acids is 1. The molecule has 0 aromatic carbocycles. The molecular weight excluding hydrogens is 588 g/mol. The Bertz CT molecular complexity index is 1070. The van der Waals surface area contributed by atoms with Gasteiger partial charge in [0.25, 0.3) is 10.1 Å². The quantitative estimate of drug-likeness (QED) is 0.139. The first kappa shape index (κ1) is 34.0. The second-order valence-electron chi connectivity index (χ2n) is 13.2. The van der Waals surface area contributed by atoms with Gasteiger partial charge >= 0.3 is 5.97 Å². The molecule has 250 valence electrons. The number of ether oxygens (including phenoxy) is 6. The molecular formula is C33H52O10S. The topological polar surface area (TPSA) is 116 Å². The summed E-state index contributed by atoms with van der Waals surface area (Å²) in [5.41, 5.74) is 1.11. The minimum Gasteiger partial charge on any atom is -0.467 e. The maximum absolute atomic E-state index is 11.8. The fourth-order valence-corrected chi connectivity index (χ4v) is 8.03. The molecule has 0 bridgehead atoms. The summed E-state index contributed by atoms with van der Waals surface area (Å²) in [6.45, 7) is 1.45. The summed E-state index contributed by atoms with van der Waals surface area (Å²) in [5.74, 6) is 0.444. The number of carbonyl (C=O) groups is 1. The molecule has 5 rings (SSSR count). The Labute approximate surface area is 263 Å². The van der Waals surface area contributed by atoms with Crippen molar-refractivity contribution in [1.82, 2.24) is 0 Å². The van der Waals surface area contributed by atoms with E-state index < -0.39 is 16.1 Å². The Morgan fingerprint density at radius 2 is 1.70 bits per heavy atom. The molecule has 8 atom stereocenters. The molecule has 2 aliphatic heterocycles. The Hall–Kier alpha value is -1.34. The molecule has 11 heteroatoms. The van der Waals surface area contributed by atoms with Gasteiger partial charge in [-0.05, 0) is 82.0 Å². The third-order valence-corrected chi connectivity index (χ3v) is 10.5. The molecule has 4 fully saturated rings. The summed E-state index contributed by atoms with van der Waals surface area (Å²) in [6.07, 6.45) is 20.5. The predicted molar refractivity (Wildman–Crippen MR) is 163 cm³/mol. The lowest BCUT2D eigenvalue weighted by Crippen LogP contribution is -2.32. The monoisotopic (exact) mass is 640 g/mol. The zero-order valence-corrected chi connectivity index (χ0v) is 27.3. The molecule has 2 saturated carbocycles. The summed E-state index contributed by atoms with van der Waals surface area (Å²) in [6, 6.07) is 0. The van der Waals surface area contributed by atoms with E-state index in [9.17, 15) is 13.2 Å². The number of allylic oxidation sites excluding steroid dienone is 1. The van der Waals surface area contributed by atoms with Crippen molar-refractivity contribution >= 4 is 16.1 Å². The fraction of sp³-hybridized carbons (Fsp3) is 0.848. The van der Waals surface area contributed by atoms with Gasteiger partial charge in [0.05, 0.1) is 38.8 Å².